The number of hydrogen-bond acceptors (Lipinski definition) is 3. The summed E-state index contributed by atoms with van der Waals surface area (Å²) >= 11 is 0.868. The average molecular weight is 343 g/mol. The molecular formula is C16H22FNO4S. The van der Waals surface area contributed by atoms with Crippen LogP contribution in [0, 0.1) is 5.82 Å². The van der Waals surface area contributed by atoms with Gasteiger partial charge in [0.25, 0.3) is 0 Å². The van der Waals surface area contributed by atoms with Crippen molar-refractivity contribution < 1.29 is 23.8 Å². The highest BCUT2D eigenvalue weighted by atomic mass is 32.1. The minimum Gasteiger partial charge on any atom is -0.480 e. The maximum absolute atomic E-state index is 12.8. The van der Waals surface area contributed by atoms with Crippen LogP contribution in [0.2, 0.25) is 0 Å². The van der Waals surface area contributed by atoms with Gasteiger partial charge in [-0.1, -0.05) is 5.37 Å². The molecule has 1 atom stereocenters. The first-order valence-electron chi connectivity index (χ1n) is 7.18. The van der Waals surface area contributed by atoms with Crippen LogP contribution in [-0.2, 0) is 9.53 Å². The van der Waals surface area contributed by atoms with Gasteiger partial charge in [0.15, 0.2) is 0 Å². The van der Waals surface area contributed by atoms with Crippen molar-refractivity contribution >= 4 is 28.8 Å². The lowest BCUT2D eigenvalue weighted by atomic mass is 10.2. The van der Waals surface area contributed by atoms with Crippen LogP contribution in [0.15, 0.2) is 29.2 Å². The van der Waals surface area contributed by atoms with Crippen molar-refractivity contribution in [3.05, 3.63) is 30.1 Å². The lowest BCUT2D eigenvalue weighted by Gasteiger charge is -2.21. The van der Waals surface area contributed by atoms with E-state index in [9.17, 15) is 14.0 Å². The van der Waals surface area contributed by atoms with Gasteiger partial charge in [0.2, 0.25) is 0 Å². The SMILES string of the molecule is CC(C)(C)OC(=O)NC(CCC=[SH]c1ccc(F)cc1)C(=O)O. The van der Waals surface area contributed by atoms with Gasteiger partial charge in [-0.2, -0.15) is 11.4 Å². The second-order valence-electron chi connectivity index (χ2n) is 5.90. The molecule has 0 aliphatic carbocycles. The number of halogens is 1. The van der Waals surface area contributed by atoms with E-state index in [1.54, 1.807) is 32.9 Å². The first-order chi connectivity index (χ1) is 10.7. The van der Waals surface area contributed by atoms with Crippen molar-refractivity contribution in [1.82, 2.24) is 5.32 Å². The van der Waals surface area contributed by atoms with Crippen molar-refractivity contribution in [1.29, 1.82) is 0 Å². The molecule has 128 valence electrons. The van der Waals surface area contributed by atoms with Crippen LogP contribution >= 0.6 is 11.4 Å². The number of nitrogens with one attached hydrogen (secondary N) is 1. The standard InChI is InChI=1S/C16H22FNO4S/c1-16(2,3)22-15(21)18-13(14(19)20)5-4-10-23-12-8-6-11(17)7-9-12/h6-10,13,23H,4-5H2,1-3H3,(H,18,21)(H,19,20). The summed E-state index contributed by atoms with van der Waals surface area (Å²) in [5, 5.41) is 13.4. The van der Waals surface area contributed by atoms with Crippen molar-refractivity contribution in [2.45, 2.75) is 50.2 Å². The van der Waals surface area contributed by atoms with Crippen molar-refractivity contribution in [2.24, 2.45) is 0 Å². The smallest absolute Gasteiger partial charge is 0.408 e. The number of thiol groups is 1. The summed E-state index contributed by atoms with van der Waals surface area (Å²) in [6.45, 7) is 5.12. The summed E-state index contributed by atoms with van der Waals surface area (Å²) in [6, 6.07) is 5.08. The Kier molecular flexibility index (Phi) is 7.22. The van der Waals surface area contributed by atoms with E-state index >= 15 is 0 Å². The molecule has 1 amide bonds. The van der Waals surface area contributed by atoms with Crippen LogP contribution in [0.4, 0.5) is 9.18 Å². The fourth-order valence-corrected chi connectivity index (χ4v) is 2.46. The van der Waals surface area contributed by atoms with Gasteiger partial charge in [0.05, 0.1) is 0 Å². The summed E-state index contributed by atoms with van der Waals surface area (Å²) in [6.07, 6.45) is -0.00458. The first kappa shape index (κ1) is 19.2. The summed E-state index contributed by atoms with van der Waals surface area (Å²) in [7, 11) is 0. The highest BCUT2D eigenvalue weighted by molar-refractivity contribution is 7.97. The molecule has 1 aromatic rings. The molecule has 0 aliphatic heterocycles. The van der Waals surface area contributed by atoms with E-state index in [0.29, 0.717) is 6.42 Å². The largest absolute Gasteiger partial charge is 0.480 e. The number of alkyl carbamates (subject to hydrolysis) is 1. The number of benzene rings is 1. The van der Waals surface area contributed by atoms with Crippen LogP contribution in [0.25, 0.3) is 0 Å². The number of hydrogen-bond donors (Lipinski definition) is 3. The predicted octanol–water partition coefficient (Wildman–Crippen LogP) is 3.21. The van der Waals surface area contributed by atoms with Crippen LogP contribution in [0.1, 0.15) is 33.6 Å². The van der Waals surface area contributed by atoms with E-state index in [2.05, 4.69) is 5.32 Å². The second-order valence-corrected chi connectivity index (χ2v) is 7.04. The molecule has 1 aromatic carbocycles. The van der Waals surface area contributed by atoms with E-state index in [1.165, 1.54) is 12.1 Å². The van der Waals surface area contributed by atoms with Crippen LogP contribution in [0.5, 0.6) is 0 Å². The molecule has 0 aromatic heterocycles. The lowest BCUT2D eigenvalue weighted by Crippen LogP contribution is -2.43. The molecule has 2 N–H and O–H groups in total. The van der Waals surface area contributed by atoms with Crippen molar-refractivity contribution in [3.63, 3.8) is 0 Å². The molecule has 7 heteroatoms. The number of aliphatic carboxylic acids is 1. The highest BCUT2D eigenvalue weighted by Gasteiger charge is 2.23. The van der Waals surface area contributed by atoms with E-state index < -0.39 is 23.7 Å². The number of carbonyl (C=O) groups is 2. The van der Waals surface area contributed by atoms with Gasteiger partial charge in [-0.05, 0) is 62.8 Å². The third-order valence-electron chi connectivity index (χ3n) is 2.64. The minimum absolute atomic E-state index is 0.253. The third-order valence-corrected chi connectivity index (χ3v) is 3.68. The summed E-state index contributed by atoms with van der Waals surface area (Å²) in [5.41, 5.74) is -0.680. The Balaban J connectivity index is 2.49. The van der Waals surface area contributed by atoms with E-state index in [4.69, 9.17) is 9.84 Å². The van der Waals surface area contributed by atoms with Crippen LogP contribution < -0.4 is 5.32 Å². The van der Waals surface area contributed by atoms with Gasteiger partial charge in [-0.15, -0.1) is 0 Å². The molecule has 0 saturated heterocycles. The number of carboxylic acid groups (broad SMARTS) is 1. The fraction of sp³-hybridized carbons (Fsp3) is 0.438. The fourth-order valence-electron chi connectivity index (χ4n) is 1.65. The van der Waals surface area contributed by atoms with Gasteiger partial charge in [0.1, 0.15) is 17.5 Å². The van der Waals surface area contributed by atoms with Gasteiger partial charge in [0, 0.05) is 0 Å². The Bertz CT molecular complexity index is 566. The number of carboxylic acids is 1. The molecule has 1 unspecified atom stereocenters. The zero-order valence-electron chi connectivity index (χ0n) is 13.4. The monoisotopic (exact) mass is 343 g/mol. The van der Waals surface area contributed by atoms with Crippen LogP contribution in [0.3, 0.4) is 0 Å². The predicted molar refractivity (Wildman–Crippen MR) is 89.7 cm³/mol. The van der Waals surface area contributed by atoms with Crippen molar-refractivity contribution in [2.75, 3.05) is 0 Å². The van der Waals surface area contributed by atoms with Gasteiger partial charge in [-0.3, -0.25) is 0 Å². The van der Waals surface area contributed by atoms with Gasteiger partial charge >= 0.3 is 12.1 Å². The van der Waals surface area contributed by atoms with Crippen LogP contribution in [-0.4, -0.2) is 34.2 Å². The molecule has 0 saturated carbocycles. The summed E-state index contributed by atoms with van der Waals surface area (Å²) < 4.78 is 17.8. The molecule has 0 fully saturated rings. The zero-order chi connectivity index (χ0) is 17.5. The van der Waals surface area contributed by atoms with E-state index in [0.717, 1.165) is 16.2 Å². The second kappa shape index (κ2) is 8.67. The Morgan fingerprint density at radius 1 is 1.35 bits per heavy atom. The first-order valence-corrected chi connectivity index (χ1v) is 8.14. The Morgan fingerprint density at radius 3 is 2.48 bits per heavy atom. The summed E-state index contributed by atoms with van der Waals surface area (Å²) in [5.74, 6) is -1.40. The van der Waals surface area contributed by atoms with Crippen molar-refractivity contribution in [3.8, 4) is 0 Å². The Labute approximate surface area is 138 Å². The molecule has 0 spiro atoms. The molecule has 0 heterocycles. The maximum atomic E-state index is 12.8. The normalized spacial score (nSPS) is 13.2. The minimum atomic E-state index is -1.11. The van der Waals surface area contributed by atoms with E-state index in [1.807, 2.05) is 5.37 Å². The Hall–Kier alpha value is -1.89. The average Bonchev–Trinajstić information content (AvgIpc) is 2.42. The molecule has 5 nitrogen and oxygen atoms in total. The van der Waals surface area contributed by atoms with Gasteiger partial charge in [-0.25, -0.2) is 14.0 Å². The quantitative estimate of drug-likeness (QED) is 0.548. The third kappa shape index (κ3) is 8.35. The highest BCUT2D eigenvalue weighted by Crippen LogP contribution is 2.12. The number of carbonyl (C=O) groups excluding carboxylic acids is 1. The molecule has 0 bridgehead atoms. The van der Waals surface area contributed by atoms with E-state index in [-0.39, 0.29) is 12.2 Å². The Morgan fingerprint density at radius 2 is 1.96 bits per heavy atom. The number of rotatable bonds is 6. The topological polar surface area (TPSA) is 75.6 Å². The lowest BCUT2D eigenvalue weighted by molar-refractivity contribution is -0.139. The molecule has 23 heavy (non-hydrogen) atoms. The summed E-state index contributed by atoms with van der Waals surface area (Å²) in [4.78, 5) is 23.7. The number of ether oxygens (including phenoxy) is 1. The molecule has 0 aliphatic rings. The number of amides is 1. The maximum Gasteiger partial charge on any atom is 0.408 e. The van der Waals surface area contributed by atoms with Gasteiger partial charge < -0.3 is 15.2 Å². The molecule has 0 radical (unpaired) electrons. The zero-order valence-corrected chi connectivity index (χ0v) is 14.3. The molecule has 1 rings (SSSR count). The molecular weight excluding hydrogens is 321 g/mol.